The summed E-state index contributed by atoms with van der Waals surface area (Å²) in [6.45, 7) is 4.56. The molecule has 0 radical (unpaired) electrons. The number of benzene rings is 1. The number of carbonyl (C=O) groups is 1. The number of ether oxygens (including phenoxy) is 1. The van der Waals surface area contributed by atoms with Crippen LogP contribution in [0.1, 0.15) is 18.9 Å². The summed E-state index contributed by atoms with van der Waals surface area (Å²) in [5.74, 6) is -0.199. The maximum absolute atomic E-state index is 11.6. The first-order valence-electron chi connectivity index (χ1n) is 5.47. The lowest BCUT2D eigenvalue weighted by Gasteiger charge is -2.11. The molecule has 94 valence electrons. The number of hydrogen-bond acceptors (Lipinski definition) is 3. The van der Waals surface area contributed by atoms with Crippen molar-refractivity contribution in [2.75, 3.05) is 24.3 Å². The summed E-state index contributed by atoms with van der Waals surface area (Å²) in [5, 5.41) is 2.73. The summed E-state index contributed by atoms with van der Waals surface area (Å²) >= 11 is 3.37. The normalized spacial score (nSPS) is 10.3. The Labute approximate surface area is 110 Å². The van der Waals surface area contributed by atoms with Crippen molar-refractivity contribution >= 4 is 33.2 Å². The molecule has 0 heterocycles. The van der Waals surface area contributed by atoms with Crippen LogP contribution in [-0.2, 0) is 9.53 Å². The van der Waals surface area contributed by atoms with Gasteiger partial charge in [0.25, 0.3) is 0 Å². The number of nitrogen functional groups attached to an aromatic ring is 1. The van der Waals surface area contributed by atoms with Crippen LogP contribution in [0.25, 0.3) is 0 Å². The third-order valence-corrected chi connectivity index (χ3v) is 2.74. The van der Waals surface area contributed by atoms with E-state index in [2.05, 4.69) is 21.2 Å². The van der Waals surface area contributed by atoms with Crippen molar-refractivity contribution in [2.24, 2.45) is 0 Å². The number of nitrogens with one attached hydrogen (secondary N) is 1. The van der Waals surface area contributed by atoms with E-state index in [4.69, 9.17) is 10.5 Å². The summed E-state index contributed by atoms with van der Waals surface area (Å²) in [7, 11) is 0. The van der Waals surface area contributed by atoms with E-state index in [0.29, 0.717) is 18.0 Å². The van der Waals surface area contributed by atoms with Crippen molar-refractivity contribution in [3.05, 3.63) is 22.2 Å². The smallest absolute Gasteiger partial charge is 0.250 e. The van der Waals surface area contributed by atoms with Crippen LogP contribution in [0.5, 0.6) is 0 Å². The highest BCUT2D eigenvalue weighted by atomic mass is 79.9. The number of nitrogens with two attached hydrogens (primary N) is 1. The molecule has 0 spiro atoms. The molecule has 0 aliphatic rings. The van der Waals surface area contributed by atoms with E-state index >= 15 is 0 Å². The van der Waals surface area contributed by atoms with E-state index in [-0.39, 0.29) is 12.5 Å². The predicted molar refractivity (Wildman–Crippen MR) is 73.0 cm³/mol. The molecule has 0 atom stereocenters. The fraction of sp³-hybridized carbons (Fsp3) is 0.417. The molecule has 5 heteroatoms. The monoisotopic (exact) mass is 300 g/mol. The van der Waals surface area contributed by atoms with Gasteiger partial charge in [-0.1, -0.05) is 6.92 Å². The zero-order chi connectivity index (χ0) is 12.8. The highest BCUT2D eigenvalue weighted by Gasteiger charge is 2.09. The van der Waals surface area contributed by atoms with Gasteiger partial charge in [0.15, 0.2) is 0 Å². The third kappa shape index (κ3) is 4.36. The first-order valence-corrected chi connectivity index (χ1v) is 6.27. The Morgan fingerprint density at radius 3 is 2.82 bits per heavy atom. The molecule has 0 bridgehead atoms. The van der Waals surface area contributed by atoms with E-state index < -0.39 is 0 Å². The standard InChI is InChI=1S/C12H17BrN2O2/c1-3-4-17-7-11(16)15-12-9(13)5-8(2)6-10(12)14/h5-6H,3-4,7,14H2,1-2H3,(H,15,16). The summed E-state index contributed by atoms with van der Waals surface area (Å²) in [4.78, 5) is 11.6. The summed E-state index contributed by atoms with van der Waals surface area (Å²) in [6, 6.07) is 3.71. The second kappa shape index (κ2) is 6.61. The van der Waals surface area contributed by atoms with Crippen LogP contribution < -0.4 is 11.1 Å². The molecule has 0 aliphatic carbocycles. The van der Waals surface area contributed by atoms with E-state index in [0.717, 1.165) is 16.5 Å². The van der Waals surface area contributed by atoms with Crippen molar-refractivity contribution in [3.63, 3.8) is 0 Å². The van der Waals surface area contributed by atoms with Gasteiger partial charge in [-0.05, 0) is 47.0 Å². The largest absolute Gasteiger partial charge is 0.397 e. The molecule has 0 aliphatic heterocycles. The SMILES string of the molecule is CCCOCC(=O)Nc1c(N)cc(C)cc1Br. The molecule has 0 saturated heterocycles. The second-order valence-electron chi connectivity index (χ2n) is 3.81. The molecule has 0 fully saturated rings. The van der Waals surface area contributed by atoms with Gasteiger partial charge in [-0.15, -0.1) is 0 Å². The molecule has 1 amide bonds. The molecular formula is C12H17BrN2O2. The molecule has 1 rings (SSSR count). The maximum Gasteiger partial charge on any atom is 0.250 e. The molecule has 0 aromatic heterocycles. The first kappa shape index (κ1) is 14.0. The Bertz CT molecular complexity index is 384. The Morgan fingerprint density at radius 2 is 2.24 bits per heavy atom. The number of rotatable bonds is 5. The van der Waals surface area contributed by atoms with Gasteiger partial charge in [-0.3, -0.25) is 4.79 Å². The Hall–Kier alpha value is -1.07. The van der Waals surface area contributed by atoms with Gasteiger partial charge < -0.3 is 15.8 Å². The molecule has 3 N–H and O–H groups in total. The topological polar surface area (TPSA) is 64.3 Å². The van der Waals surface area contributed by atoms with E-state index in [1.165, 1.54) is 0 Å². The molecule has 4 nitrogen and oxygen atoms in total. The lowest BCUT2D eigenvalue weighted by molar-refractivity contribution is -0.120. The van der Waals surface area contributed by atoms with Gasteiger partial charge in [-0.2, -0.15) is 0 Å². The molecule has 1 aromatic carbocycles. The van der Waals surface area contributed by atoms with Crippen LogP contribution in [0.2, 0.25) is 0 Å². The maximum atomic E-state index is 11.6. The average Bonchev–Trinajstić information content (AvgIpc) is 2.24. The average molecular weight is 301 g/mol. The van der Waals surface area contributed by atoms with Gasteiger partial charge >= 0.3 is 0 Å². The summed E-state index contributed by atoms with van der Waals surface area (Å²) < 4.78 is 5.93. The van der Waals surface area contributed by atoms with Gasteiger partial charge in [0.05, 0.1) is 11.4 Å². The zero-order valence-corrected chi connectivity index (χ0v) is 11.6. The van der Waals surface area contributed by atoms with Gasteiger partial charge in [0.1, 0.15) is 6.61 Å². The summed E-state index contributed by atoms with van der Waals surface area (Å²) in [5.41, 5.74) is 8.02. The number of aryl methyl sites for hydroxylation is 1. The van der Waals surface area contributed by atoms with Gasteiger partial charge in [-0.25, -0.2) is 0 Å². The van der Waals surface area contributed by atoms with Crippen LogP contribution in [0, 0.1) is 6.92 Å². The van der Waals surface area contributed by atoms with Crippen molar-refractivity contribution in [1.29, 1.82) is 0 Å². The lowest BCUT2D eigenvalue weighted by Crippen LogP contribution is -2.19. The van der Waals surface area contributed by atoms with Crippen molar-refractivity contribution in [3.8, 4) is 0 Å². The highest BCUT2D eigenvalue weighted by Crippen LogP contribution is 2.30. The summed E-state index contributed by atoms with van der Waals surface area (Å²) in [6.07, 6.45) is 0.893. The molecular weight excluding hydrogens is 284 g/mol. The van der Waals surface area contributed by atoms with E-state index in [9.17, 15) is 4.79 Å². The van der Waals surface area contributed by atoms with Crippen molar-refractivity contribution in [1.82, 2.24) is 0 Å². The number of anilines is 2. The number of hydrogen-bond donors (Lipinski definition) is 2. The second-order valence-corrected chi connectivity index (χ2v) is 4.67. The molecule has 0 unspecified atom stereocenters. The van der Waals surface area contributed by atoms with Crippen LogP contribution in [0.4, 0.5) is 11.4 Å². The molecule has 1 aromatic rings. The van der Waals surface area contributed by atoms with Crippen LogP contribution in [0.3, 0.4) is 0 Å². The minimum Gasteiger partial charge on any atom is -0.397 e. The number of amides is 1. The van der Waals surface area contributed by atoms with Crippen molar-refractivity contribution in [2.45, 2.75) is 20.3 Å². The Morgan fingerprint density at radius 1 is 1.53 bits per heavy atom. The van der Waals surface area contributed by atoms with E-state index in [1.807, 2.05) is 26.0 Å². The third-order valence-electron chi connectivity index (χ3n) is 2.11. The quantitative estimate of drug-likeness (QED) is 0.649. The first-order chi connectivity index (χ1) is 8.04. The Kier molecular flexibility index (Phi) is 5.44. The highest BCUT2D eigenvalue weighted by molar-refractivity contribution is 9.10. The molecule has 0 saturated carbocycles. The minimum atomic E-state index is -0.199. The fourth-order valence-corrected chi connectivity index (χ4v) is 2.07. The predicted octanol–water partition coefficient (Wildman–Crippen LogP) is 2.70. The van der Waals surface area contributed by atoms with E-state index in [1.54, 1.807) is 0 Å². The number of halogens is 1. The minimum absolute atomic E-state index is 0.0492. The van der Waals surface area contributed by atoms with Gasteiger partial charge in [0.2, 0.25) is 5.91 Å². The number of carbonyl (C=O) groups excluding carboxylic acids is 1. The lowest BCUT2D eigenvalue weighted by atomic mass is 10.2. The zero-order valence-electron chi connectivity index (χ0n) is 10.0. The molecule has 17 heavy (non-hydrogen) atoms. The van der Waals surface area contributed by atoms with Crippen LogP contribution in [-0.4, -0.2) is 19.1 Å². The van der Waals surface area contributed by atoms with Crippen LogP contribution >= 0.6 is 15.9 Å². The van der Waals surface area contributed by atoms with Crippen LogP contribution in [0.15, 0.2) is 16.6 Å². The van der Waals surface area contributed by atoms with Crippen molar-refractivity contribution < 1.29 is 9.53 Å². The fourth-order valence-electron chi connectivity index (χ4n) is 1.39. The van der Waals surface area contributed by atoms with Gasteiger partial charge in [0, 0.05) is 11.1 Å². The Balaban J connectivity index is 2.65.